The number of methoxy groups -OCH3 is 1. The van der Waals surface area contributed by atoms with Crippen LogP contribution in [-0.2, 0) is 6.42 Å². The number of rotatable bonds is 3. The molecule has 1 amide bonds. The van der Waals surface area contributed by atoms with Crippen molar-refractivity contribution in [2.75, 3.05) is 12.4 Å². The number of ether oxygens (including phenoxy) is 1. The van der Waals surface area contributed by atoms with Crippen molar-refractivity contribution < 1.29 is 14.3 Å². The normalized spacial score (nSPS) is 13.4. The number of fused-ring (bicyclic) bond motifs is 1. The van der Waals surface area contributed by atoms with Gasteiger partial charge in [0.25, 0.3) is 5.91 Å². The van der Waals surface area contributed by atoms with Gasteiger partial charge < -0.3 is 10.1 Å². The minimum atomic E-state index is -0.186. The highest BCUT2D eigenvalue weighted by molar-refractivity contribution is 6.06. The standard InChI is InChI=1S/C18H17NO3/c1-22-13-10-8-12(9-11-13)18(21)19-16-6-2-5-15-14(16)4-3-7-17(15)20/h2,5-6,8-11H,3-4,7H2,1H3,(H,19,21). The Morgan fingerprint density at radius 1 is 1.09 bits per heavy atom. The summed E-state index contributed by atoms with van der Waals surface area (Å²) in [5.74, 6) is 0.676. The van der Waals surface area contributed by atoms with Crippen molar-refractivity contribution in [2.24, 2.45) is 0 Å². The third-order valence-electron chi connectivity index (χ3n) is 3.91. The van der Waals surface area contributed by atoms with Crippen molar-refractivity contribution in [3.8, 4) is 5.75 Å². The molecule has 1 aliphatic rings. The van der Waals surface area contributed by atoms with Crippen molar-refractivity contribution in [1.82, 2.24) is 0 Å². The highest BCUT2D eigenvalue weighted by Gasteiger charge is 2.20. The topological polar surface area (TPSA) is 55.4 Å². The second-order valence-corrected chi connectivity index (χ2v) is 5.29. The highest BCUT2D eigenvalue weighted by Crippen LogP contribution is 2.28. The zero-order valence-electron chi connectivity index (χ0n) is 12.4. The highest BCUT2D eigenvalue weighted by atomic mass is 16.5. The van der Waals surface area contributed by atoms with E-state index >= 15 is 0 Å². The first-order valence-corrected chi connectivity index (χ1v) is 7.29. The average molecular weight is 295 g/mol. The van der Waals surface area contributed by atoms with Crippen LogP contribution in [0.4, 0.5) is 5.69 Å². The van der Waals surface area contributed by atoms with E-state index in [2.05, 4.69) is 5.32 Å². The fourth-order valence-corrected chi connectivity index (χ4v) is 2.73. The molecule has 2 aromatic rings. The van der Waals surface area contributed by atoms with Gasteiger partial charge in [0.05, 0.1) is 7.11 Å². The molecule has 1 N–H and O–H groups in total. The number of anilines is 1. The van der Waals surface area contributed by atoms with E-state index in [1.165, 1.54) is 0 Å². The number of carbonyl (C=O) groups excluding carboxylic acids is 2. The molecule has 0 bridgehead atoms. The molecule has 1 aliphatic carbocycles. The molecule has 4 heteroatoms. The first-order chi connectivity index (χ1) is 10.7. The van der Waals surface area contributed by atoms with Crippen LogP contribution in [0, 0.1) is 0 Å². The van der Waals surface area contributed by atoms with Crippen molar-refractivity contribution >= 4 is 17.4 Å². The lowest BCUT2D eigenvalue weighted by molar-refractivity contribution is 0.0970. The minimum Gasteiger partial charge on any atom is -0.497 e. The predicted octanol–water partition coefficient (Wildman–Crippen LogP) is 3.47. The van der Waals surface area contributed by atoms with E-state index in [-0.39, 0.29) is 11.7 Å². The van der Waals surface area contributed by atoms with Crippen molar-refractivity contribution in [2.45, 2.75) is 19.3 Å². The Labute approximate surface area is 129 Å². The van der Waals surface area contributed by atoms with Crippen LogP contribution in [0.15, 0.2) is 42.5 Å². The quantitative estimate of drug-likeness (QED) is 0.943. The third-order valence-corrected chi connectivity index (χ3v) is 3.91. The summed E-state index contributed by atoms with van der Waals surface area (Å²) in [4.78, 5) is 24.3. The number of hydrogen-bond acceptors (Lipinski definition) is 3. The molecule has 0 radical (unpaired) electrons. The molecule has 0 saturated carbocycles. The van der Waals surface area contributed by atoms with E-state index in [4.69, 9.17) is 4.74 Å². The maximum Gasteiger partial charge on any atom is 0.255 e. The Hall–Kier alpha value is -2.62. The molecule has 112 valence electrons. The van der Waals surface area contributed by atoms with E-state index in [1.54, 1.807) is 31.4 Å². The summed E-state index contributed by atoms with van der Waals surface area (Å²) < 4.78 is 5.08. The first-order valence-electron chi connectivity index (χ1n) is 7.29. The van der Waals surface area contributed by atoms with E-state index in [0.29, 0.717) is 17.7 Å². The van der Waals surface area contributed by atoms with Gasteiger partial charge in [0.1, 0.15) is 5.75 Å². The predicted molar refractivity (Wildman–Crippen MR) is 84.7 cm³/mol. The maximum atomic E-state index is 12.3. The van der Waals surface area contributed by atoms with E-state index < -0.39 is 0 Å². The minimum absolute atomic E-state index is 0.154. The summed E-state index contributed by atoms with van der Waals surface area (Å²) in [6.45, 7) is 0. The Morgan fingerprint density at radius 3 is 2.59 bits per heavy atom. The molecule has 3 rings (SSSR count). The van der Waals surface area contributed by atoms with Crippen LogP contribution >= 0.6 is 0 Å². The van der Waals surface area contributed by atoms with Crippen LogP contribution in [0.2, 0.25) is 0 Å². The number of carbonyl (C=O) groups is 2. The van der Waals surface area contributed by atoms with Crippen LogP contribution in [0.25, 0.3) is 0 Å². The second-order valence-electron chi connectivity index (χ2n) is 5.29. The summed E-state index contributed by atoms with van der Waals surface area (Å²) >= 11 is 0. The molecule has 0 saturated heterocycles. The largest absolute Gasteiger partial charge is 0.497 e. The number of ketones is 1. The SMILES string of the molecule is COc1ccc(C(=O)Nc2cccc3c2CCCC3=O)cc1. The van der Waals surface area contributed by atoms with E-state index in [1.807, 2.05) is 18.2 Å². The van der Waals surface area contributed by atoms with Gasteiger partial charge in [0, 0.05) is 23.2 Å². The van der Waals surface area contributed by atoms with Gasteiger partial charge in [-0.25, -0.2) is 0 Å². The van der Waals surface area contributed by atoms with Gasteiger partial charge >= 0.3 is 0 Å². The second kappa shape index (κ2) is 6.02. The molecule has 2 aromatic carbocycles. The van der Waals surface area contributed by atoms with Crippen LogP contribution in [-0.4, -0.2) is 18.8 Å². The lowest BCUT2D eigenvalue weighted by Gasteiger charge is -2.18. The molecular formula is C18H17NO3. The monoisotopic (exact) mass is 295 g/mol. The third kappa shape index (κ3) is 2.72. The van der Waals surface area contributed by atoms with Crippen molar-refractivity contribution in [1.29, 1.82) is 0 Å². The molecule has 22 heavy (non-hydrogen) atoms. The van der Waals surface area contributed by atoms with Crippen LogP contribution in [0.5, 0.6) is 5.75 Å². The van der Waals surface area contributed by atoms with Gasteiger partial charge in [-0.3, -0.25) is 9.59 Å². The van der Waals surface area contributed by atoms with Gasteiger partial charge in [-0.2, -0.15) is 0 Å². The van der Waals surface area contributed by atoms with Gasteiger partial charge in [-0.15, -0.1) is 0 Å². The van der Waals surface area contributed by atoms with E-state index in [9.17, 15) is 9.59 Å². The number of hydrogen-bond donors (Lipinski definition) is 1. The van der Waals surface area contributed by atoms with Gasteiger partial charge in [0.15, 0.2) is 5.78 Å². The molecule has 4 nitrogen and oxygen atoms in total. The summed E-state index contributed by atoms with van der Waals surface area (Å²) in [7, 11) is 1.59. The van der Waals surface area contributed by atoms with Crippen molar-refractivity contribution in [3.63, 3.8) is 0 Å². The molecule has 0 atom stereocenters. The van der Waals surface area contributed by atoms with Gasteiger partial charge in [-0.05, 0) is 48.7 Å². The number of amides is 1. The lowest BCUT2D eigenvalue weighted by Crippen LogP contribution is -2.17. The summed E-state index contributed by atoms with van der Waals surface area (Å²) in [6, 6.07) is 12.4. The van der Waals surface area contributed by atoms with Gasteiger partial charge in [0.2, 0.25) is 0 Å². The average Bonchev–Trinajstić information content (AvgIpc) is 2.56. The Balaban J connectivity index is 1.85. The van der Waals surface area contributed by atoms with Crippen LogP contribution in [0.1, 0.15) is 39.1 Å². The first kappa shape index (κ1) is 14.3. The molecule has 0 spiro atoms. The zero-order valence-corrected chi connectivity index (χ0v) is 12.4. The smallest absolute Gasteiger partial charge is 0.255 e. The fraction of sp³-hybridized carbons (Fsp3) is 0.222. The molecule has 0 aromatic heterocycles. The van der Waals surface area contributed by atoms with Crippen LogP contribution < -0.4 is 10.1 Å². The molecule has 0 heterocycles. The zero-order chi connectivity index (χ0) is 15.5. The summed E-state index contributed by atoms with van der Waals surface area (Å²) in [6.07, 6.45) is 2.24. The van der Waals surface area contributed by atoms with Crippen molar-refractivity contribution in [3.05, 3.63) is 59.2 Å². The lowest BCUT2D eigenvalue weighted by atomic mass is 9.89. The van der Waals surface area contributed by atoms with Gasteiger partial charge in [-0.1, -0.05) is 12.1 Å². The summed E-state index contributed by atoms with van der Waals surface area (Å²) in [5, 5.41) is 2.91. The number of nitrogens with one attached hydrogen (secondary N) is 1. The molecule has 0 aliphatic heterocycles. The number of benzene rings is 2. The Bertz CT molecular complexity index is 720. The summed E-state index contributed by atoms with van der Waals surface area (Å²) in [5.41, 5.74) is 2.96. The molecule has 0 unspecified atom stereocenters. The molecule has 0 fully saturated rings. The maximum absolute atomic E-state index is 12.3. The molecular weight excluding hydrogens is 278 g/mol. The Kier molecular flexibility index (Phi) is 3.92. The van der Waals surface area contributed by atoms with Crippen LogP contribution in [0.3, 0.4) is 0 Å². The van der Waals surface area contributed by atoms with E-state index in [0.717, 1.165) is 29.7 Å². The number of Topliss-reactive ketones (excluding diaryl/α,β-unsaturated/α-hetero) is 1. The Morgan fingerprint density at radius 2 is 1.86 bits per heavy atom. The fourth-order valence-electron chi connectivity index (χ4n) is 2.73.